The van der Waals surface area contributed by atoms with Crippen LogP contribution < -0.4 is 5.32 Å². The number of hydrogen-bond acceptors (Lipinski definition) is 5. The molecule has 0 saturated heterocycles. The molecule has 0 aliphatic heterocycles. The fourth-order valence-corrected chi connectivity index (χ4v) is 3.44. The van der Waals surface area contributed by atoms with Gasteiger partial charge in [-0.05, 0) is 12.1 Å². The summed E-state index contributed by atoms with van der Waals surface area (Å²) in [5.41, 5.74) is 1.97. The molecule has 0 aliphatic rings. The maximum atomic E-state index is 13.1. The Morgan fingerprint density at radius 2 is 1.63 bits per heavy atom. The van der Waals surface area contributed by atoms with Crippen molar-refractivity contribution in [3.8, 4) is 10.6 Å². The van der Waals surface area contributed by atoms with Crippen molar-refractivity contribution in [1.82, 2.24) is 15.0 Å². The number of para-hydroxylation sites is 1. The fourth-order valence-electron chi connectivity index (χ4n) is 2.61. The zero-order valence-electron chi connectivity index (χ0n) is 13.9. The third kappa shape index (κ3) is 3.75. The van der Waals surface area contributed by atoms with Gasteiger partial charge in [0.2, 0.25) is 5.82 Å². The van der Waals surface area contributed by atoms with Gasteiger partial charge in [-0.25, -0.2) is 15.0 Å². The molecule has 27 heavy (non-hydrogen) atoms. The van der Waals surface area contributed by atoms with Crippen molar-refractivity contribution in [3.05, 3.63) is 71.5 Å². The summed E-state index contributed by atoms with van der Waals surface area (Å²) in [6.45, 7) is 0.266. The van der Waals surface area contributed by atoms with Gasteiger partial charge in [-0.3, -0.25) is 0 Å². The highest BCUT2D eigenvalue weighted by Crippen LogP contribution is 2.30. The molecule has 0 fully saturated rings. The molecule has 2 aromatic heterocycles. The highest BCUT2D eigenvalue weighted by Gasteiger charge is 2.35. The zero-order valence-corrected chi connectivity index (χ0v) is 14.7. The number of hydrogen-bond donors (Lipinski definition) is 1. The van der Waals surface area contributed by atoms with E-state index >= 15 is 0 Å². The van der Waals surface area contributed by atoms with Gasteiger partial charge in [-0.1, -0.05) is 42.5 Å². The number of aromatic nitrogens is 3. The monoisotopic (exact) mass is 386 g/mol. The number of fused-ring (bicyclic) bond motifs is 1. The van der Waals surface area contributed by atoms with Crippen LogP contribution in [0.4, 0.5) is 19.0 Å². The lowest BCUT2D eigenvalue weighted by molar-refractivity contribution is -0.144. The molecule has 0 atom stereocenters. The minimum absolute atomic E-state index is 0.141. The van der Waals surface area contributed by atoms with E-state index in [4.69, 9.17) is 0 Å². The molecule has 0 saturated carbocycles. The van der Waals surface area contributed by atoms with Crippen LogP contribution in [-0.4, -0.2) is 15.0 Å². The molecule has 0 spiro atoms. The van der Waals surface area contributed by atoms with Crippen molar-refractivity contribution in [2.24, 2.45) is 0 Å². The quantitative estimate of drug-likeness (QED) is 0.511. The molecule has 2 heterocycles. The molecule has 2 aromatic carbocycles. The summed E-state index contributed by atoms with van der Waals surface area (Å²) in [6, 6.07) is 16.3. The lowest BCUT2D eigenvalue weighted by Gasteiger charge is -2.11. The van der Waals surface area contributed by atoms with Crippen LogP contribution in [0, 0.1) is 0 Å². The van der Waals surface area contributed by atoms with Gasteiger partial charge in [-0.15, -0.1) is 11.3 Å². The molecule has 1 N–H and O–H groups in total. The second-order valence-electron chi connectivity index (χ2n) is 5.77. The van der Waals surface area contributed by atoms with Gasteiger partial charge in [0.1, 0.15) is 10.8 Å². The summed E-state index contributed by atoms with van der Waals surface area (Å²) in [5.74, 6) is -1.02. The molecule has 0 aliphatic carbocycles. The normalized spacial score (nSPS) is 11.7. The standard InChI is InChI=1S/C19H13F3N4S/c20-19(21,22)18-25-15-9-5-4-8-14(15)16(26-18)23-10-13-11-27-17(24-13)12-6-2-1-3-7-12/h1-9,11H,10H2,(H,23,25,26). The van der Waals surface area contributed by atoms with Gasteiger partial charge >= 0.3 is 6.18 Å². The minimum atomic E-state index is -4.61. The SMILES string of the molecule is FC(F)(F)c1nc(NCc2csc(-c3ccccc3)n2)c2ccccc2n1. The maximum Gasteiger partial charge on any atom is 0.451 e. The van der Waals surface area contributed by atoms with Gasteiger partial charge in [-0.2, -0.15) is 13.2 Å². The Hall–Kier alpha value is -3.00. The minimum Gasteiger partial charge on any atom is -0.364 e. The molecule has 4 aromatic rings. The maximum absolute atomic E-state index is 13.1. The summed E-state index contributed by atoms with van der Waals surface area (Å²) >= 11 is 1.48. The fraction of sp³-hybridized carbons (Fsp3) is 0.105. The average molecular weight is 386 g/mol. The Morgan fingerprint density at radius 1 is 0.889 bits per heavy atom. The molecule has 0 unspecified atom stereocenters. The number of benzene rings is 2. The first-order valence-electron chi connectivity index (χ1n) is 8.08. The van der Waals surface area contributed by atoms with Gasteiger partial charge < -0.3 is 5.32 Å². The molecule has 0 bridgehead atoms. The van der Waals surface area contributed by atoms with E-state index in [1.807, 2.05) is 35.7 Å². The first kappa shape index (κ1) is 17.4. The van der Waals surface area contributed by atoms with E-state index in [1.165, 1.54) is 17.4 Å². The summed E-state index contributed by atoms with van der Waals surface area (Å²) in [7, 11) is 0. The van der Waals surface area contributed by atoms with Crippen molar-refractivity contribution in [2.45, 2.75) is 12.7 Å². The van der Waals surface area contributed by atoms with E-state index in [9.17, 15) is 13.2 Å². The van der Waals surface area contributed by atoms with Crippen LogP contribution in [0.2, 0.25) is 0 Å². The lowest BCUT2D eigenvalue weighted by Crippen LogP contribution is -2.13. The second-order valence-corrected chi connectivity index (χ2v) is 6.63. The molecule has 136 valence electrons. The third-order valence-electron chi connectivity index (χ3n) is 3.87. The highest BCUT2D eigenvalue weighted by molar-refractivity contribution is 7.13. The summed E-state index contributed by atoms with van der Waals surface area (Å²) < 4.78 is 39.3. The van der Waals surface area contributed by atoms with E-state index in [0.717, 1.165) is 16.3 Å². The predicted molar refractivity (Wildman–Crippen MR) is 99.4 cm³/mol. The largest absolute Gasteiger partial charge is 0.451 e. The van der Waals surface area contributed by atoms with Crippen LogP contribution in [0.15, 0.2) is 60.0 Å². The topological polar surface area (TPSA) is 50.7 Å². The van der Waals surface area contributed by atoms with Crippen molar-refractivity contribution in [1.29, 1.82) is 0 Å². The number of thiazole rings is 1. The zero-order chi connectivity index (χ0) is 18.9. The number of alkyl halides is 3. The van der Waals surface area contributed by atoms with Crippen molar-refractivity contribution in [3.63, 3.8) is 0 Å². The van der Waals surface area contributed by atoms with E-state index in [2.05, 4.69) is 20.3 Å². The van der Waals surface area contributed by atoms with Crippen molar-refractivity contribution < 1.29 is 13.2 Å². The number of nitrogens with one attached hydrogen (secondary N) is 1. The average Bonchev–Trinajstić information content (AvgIpc) is 3.15. The third-order valence-corrected chi connectivity index (χ3v) is 4.81. The van der Waals surface area contributed by atoms with Crippen LogP contribution in [-0.2, 0) is 12.7 Å². The molecule has 4 rings (SSSR count). The van der Waals surface area contributed by atoms with E-state index in [-0.39, 0.29) is 17.9 Å². The molecule has 0 amide bonds. The molecule has 8 heteroatoms. The van der Waals surface area contributed by atoms with Crippen LogP contribution in [0.1, 0.15) is 11.5 Å². The molecule has 4 nitrogen and oxygen atoms in total. The first-order chi connectivity index (χ1) is 13.0. The first-order valence-corrected chi connectivity index (χ1v) is 8.96. The van der Waals surface area contributed by atoms with E-state index in [0.29, 0.717) is 5.39 Å². The van der Waals surface area contributed by atoms with E-state index in [1.54, 1.807) is 18.2 Å². The number of anilines is 1. The Balaban J connectivity index is 1.61. The van der Waals surface area contributed by atoms with Crippen LogP contribution in [0.25, 0.3) is 21.5 Å². The van der Waals surface area contributed by atoms with Crippen LogP contribution in [0.3, 0.4) is 0 Å². The lowest BCUT2D eigenvalue weighted by atomic mass is 10.2. The van der Waals surface area contributed by atoms with Crippen LogP contribution >= 0.6 is 11.3 Å². The van der Waals surface area contributed by atoms with Gasteiger partial charge in [0.05, 0.1) is 17.8 Å². The molecular weight excluding hydrogens is 373 g/mol. The Labute approximate surface area is 156 Å². The van der Waals surface area contributed by atoms with Gasteiger partial charge in [0.25, 0.3) is 0 Å². The number of halogens is 3. The molecular formula is C19H13F3N4S. The van der Waals surface area contributed by atoms with Crippen LogP contribution in [0.5, 0.6) is 0 Å². The highest BCUT2D eigenvalue weighted by atomic mass is 32.1. The summed E-state index contributed by atoms with van der Waals surface area (Å²) in [6.07, 6.45) is -4.61. The number of rotatable bonds is 4. The van der Waals surface area contributed by atoms with Crippen molar-refractivity contribution >= 4 is 28.1 Å². The van der Waals surface area contributed by atoms with Gasteiger partial charge in [0.15, 0.2) is 0 Å². The number of nitrogens with zero attached hydrogens (tertiary/aromatic N) is 3. The van der Waals surface area contributed by atoms with Crippen molar-refractivity contribution in [2.75, 3.05) is 5.32 Å². The smallest absolute Gasteiger partial charge is 0.364 e. The Morgan fingerprint density at radius 3 is 2.41 bits per heavy atom. The van der Waals surface area contributed by atoms with Gasteiger partial charge in [0, 0.05) is 16.3 Å². The predicted octanol–water partition coefficient (Wildman–Crippen LogP) is 5.38. The Bertz CT molecular complexity index is 1080. The molecule has 0 radical (unpaired) electrons. The summed E-state index contributed by atoms with van der Waals surface area (Å²) in [5, 5.41) is 6.24. The summed E-state index contributed by atoms with van der Waals surface area (Å²) in [4.78, 5) is 11.8. The van der Waals surface area contributed by atoms with E-state index < -0.39 is 12.0 Å². The Kier molecular flexibility index (Phi) is 4.49. The second kappa shape index (κ2) is 6.96.